The number of aryl methyl sites for hydroxylation is 1. The minimum atomic E-state index is 0.235. The summed E-state index contributed by atoms with van der Waals surface area (Å²) in [6, 6.07) is 4.52. The maximum atomic E-state index is 12.4. The van der Waals surface area contributed by atoms with Gasteiger partial charge >= 0.3 is 0 Å². The first-order chi connectivity index (χ1) is 10.2. The number of hydrogen-bond donors (Lipinski definition) is 1. The highest BCUT2D eigenvalue weighted by Gasteiger charge is 2.30. The Balaban J connectivity index is 1.53. The van der Waals surface area contributed by atoms with E-state index in [-0.39, 0.29) is 5.91 Å². The number of carbonyl (C=O) groups excluding carboxylic acids is 1. The maximum absolute atomic E-state index is 12.4. The molecule has 1 atom stereocenters. The molecule has 2 saturated heterocycles. The van der Waals surface area contributed by atoms with Gasteiger partial charge in [0.1, 0.15) is 0 Å². The molecule has 1 unspecified atom stereocenters. The van der Waals surface area contributed by atoms with Gasteiger partial charge in [0.05, 0.1) is 6.42 Å². The molecule has 5 nitrogen and oxygen atoms in total. The highest BCUT2D eigenvalue weighted by molar-refractivity contribution is 5.79. The number of aromatic nitrogens is 1. The molecular formula is C16H24N4O. The lowest BCUT2D eigenvalue weighted by Crippen LogP contribution is -2.49. The second kappa shape index (κ2) is 6.54. The minimum absolute atomic E-state index is 0.235. The second-order valence-electron chi connectivity index (χ2n) is 6.05. The quantitative estimate of drug-likeness (QED) is 0.877. The van der Waals surface area contributed by atoms with Crippen LogP contribution in [0.3, 0.4) is 0 Å². The van der Waals surface area contributed by atoms with Crippen LogP contribution in [0.15, 0.2) is 18.3 Å². The fourth-order valence-electron chi connectivity index (χ4n) is 3.20. The number of piperazine rings is 1. The van der Waals surface area contributed by atoms with Crippen molar-refractivity contribution in [2.45, 2.75) is 25.8 Å². The summed E-state index contributed by atoms with van der Waals surface area (Å²) >= 11 is 0. The fraction of sp³-hybridized carbons (Fsp3) is 0.625. The van der Waals surface area contributed by atoms with Crippen molar-refractivity contribution in [1.29, 1.82) is 0 Å². The predicted octanol–water partition coefficient (Wildman–Crippen LogP) is 0.439. The molecule has 1 N–H and O–H groups in total. The zero-order valence-electron chi connectivity index (χ0n) is 12.7. The van der Waals surface area contributed by atoms with Crippen molar-refractivity contribution in [3.63, 3.8) is 0 Å². The lowest BCUT2D eigenvalue weighted by atomic mass is 10.2. The van der Waals surface area contributed by atoms with Crippen molar-refractivity contribution in [1.82, 2.24) is 20.1 Å². The Morgan fingerprint density at radius 3 is 2.86 bits per heavy atom. The van der Waals surface area contributed by atoms with Crippen LogP contribution in [0.2, 0.25) is 0 Å². The first-order valence-corrected chi connectivity index (χ1v) is 7.86. The van der Waals surface area contributed by atoms with Crippen LogP contribution in [-0.4, -0.2) is 66.0 Å². The third kappa shape index (κ3) is 3.60. The topological polar surface area (TPSA) is 48.5 Å². The van der Waals surface area contributed by atoms with E-state index in [0.717, 1.165) is 56.9 Å². The molecule has 1 amide bonds. The Hall–Kier alpha value is -1.46. The van der Waals surface area contributed by atoms with Crippen molar-refractivity contribution in [3.8, 4) is 0 Å². The molecule has 0 aliphatic carbocycles. The highest BCUT2D eigenvalue weighted by atomic mass is 16.2. The van der Waals surface area contributed by atoms with E-state index in [1.165, 1.54) is 0 Å². The van der Waals surface area contributed by atoms with E-state index >= 15 is 0 Å². The van der Waals surface area contributed by atoms with Gasteiger partial charge in [0, 0.05) is 57.2 Å². The normalized spacial score (nSPS) is 23.5. The number of rotatable bonds is 3. The van der Waals surface area contributed by atoms with Gasteiger partial charge in [-0.15, -0.1) is 0 Å². The van der Waals surface area contributed by atoms with Gasteiger partial charge in [-0.25, -0.2) is 0 Å². The van der Waals surface area contributed by atoms with Gasteiger partial charge in [0.2, 0.25) is 5.91 Å². The summed E-state index contributed by atoms with van der Waals surface area (Å²) in [4.78, 5) is 21.2. The Bertz CT molecular complexity index is 482. The molecule has 0 spiro atoms. The molecule has 0 saturated carbocycles. The number of carbonyl (C=O) groups is 1. The summed E-state index contributed by atoms with van der Waals surface area (Å²) in [5.41, 5.74) is 2.00. The van der Waals surface area contributed by atoms with E-state index in [4.69, 9.17) is 0 Å². The van der Waals surface area contributed by atoms with Crippen molar-refractivity contribution < 1.29 is 4.79 Å². The Morgan fingerprint density at radius 2 is 2.14 bits per heavy atom. The Kier molecular flexibility index (Phi) is 4.51. The van der Waals surface area contributed by atoms with Crippen molar-refractivity contribution >= 4 is 5.91 Å². The number of likely N-dealkylation sites (tertiary alicyclic amines) is 1. The zero-order valence-corrected chi connectivity index (χ0v) is 12.7. The van der Waals surface area contributed by atoms with E-state index in [9.17, 15) is 4.79 Å². The van der Waals surface area contributed by atoms with Gasteiger partial charge in [-0.05, 0) is 25.0 Å². The number of amides is 1. The average Bonchev–Trinajstić information content (AvgIpc) is 3.00. The third-order valence-electron chi connectivity index (χ3n) is 4.51. The molecule has 3 heterocycles. The lowest BCUT2D eigenvalue weighted by molar-refractivity contribution is -0.129. The summed E-state index contributed by atoms with van der Waals surface area (Å²) < 4.78 is 0. The number of nitrogens with zero attached hydrogens (tertiary/aromatic N) is 3. The minimum Gasteiger partial charge on any atom is -0.341 e. The van der Waals surface area contributed by atoms with Gasteiger partial charge in [-0.3, -0.25) is 14.7 Å². The van der Waals surface area contributed by atoms with Crippen molar-refractivity contribution in [3.05, 3.63) is 29.6 Å². The first kappa shape index (κ1) is 14.5. The summed E-state index contributed by atoms with van der Waals surface area (Å²) in [6.07, 6.45) is 3.40. The van der Waals surface area contributed by atoms with Gasteiger partial charge < -0.3 is 10.2 Å². The van der Waals surface area contributed by atoms with Gasteiger partial charge in [0.15, 0.2) is 0 Å². The number of nitrogens with one attached hydrogen (secondary N) is 1. The standard InChI is InChI=1S/C16H24N4O/c1-13-2-3-14(11-18-13)10-16(21)20-7-4-15(12-20)19-8-5-17-6-9-19/h2-3,11,15,17H,4-10,12H2,1H3. The molecule has 1 aromatic rings. The van der Waals surface area contributed by atoms with Crippen LogP contribution < -0.4 is 5.32 Å². The molecule has 3 rings (SSSR count). The van der Waals surface area contributed by atoms with E-state index in [2.05, 4.69) is 15.2 Å². The average molecular weight is 288 g/mol. The summed E-state index contributed by atoms with van der Waals surface area (Å²) in [5, 5.41) is 3.38. The van der Waals surface area contributed by atoms with Crippen molar-refractivity contribution in [2.75, 3.05) is 39.3 Å². The van der Waals surface area contributed by atoms with Crippen LogP contribution in [0.25, 0.3) is 0 Å². The van der Waals surface area contributed by atoms with Gasteiger partial charge in [-0.1, -0.05) is 6.07 Å². The van der Waals surface area contributed by atoms with Crippen LogP contribution in [0.1, 0.15) is 17.7 Å². The van der Waals surface area contributed by atoms with Crippen molar-refractivity contribution in [2.24, 2.45) is 0 Å². The molecule has 0 bridgehead atoms. The molecule has 2 fully saturated rings. The molecular weight excluding hydrogens is 264 g/mol. The van der Waals surface area contributed by atoms with Crippen LogP contribution in [-0.2, 0) is 11.2 Å². The molecule has 2 aliphatic rings. The molecule has 21 heavy (non-hydrogen) atoms. The molecule has 5 heteroatoms. The molecule has 1 aromatic heterocycles. The molecule has 2 aliphatic heterocycles. The lowest BCUT2D eigenvalue weighted by Gasteiger charge is -2.32. The highest BCUT2D eigenvalue weighted by Crippen LogP contribution is 2.17. The van der Waals surface area contributed by atoms with Crippen LogP contribution in [0.4, 0.5) is 0 Å². The number of hydrogen-bond acceptors (Lipinski definition) is 4. The van der Waals surface area contributed by atoms with E-state index < -0.39 is 0 Å². The molecule has 114 valence electrons. The van der Waals surface area contributed by atoms with E-state index in [1.807, 2.05) is 30.2 Å². The summed E-state index contributed by atoms with van der Waals surface area (Å²) in [6.45, 7) is 8.09. The first-order valence-electron chi connectivity index (χ1n) is 7.86. The fourth-order valence-corrected chi connectivity index (χ4v) is 3.20. The third-order valence-corrected chi connectivity index (χ3v) is 4.51. The monoisotopic (exact) mass is 288 g/mol. The largest absolute Gasteiger partial charge is 0.341 e. The van der Waals surface area contributed by atoms with Gasteiger partial charge in [-0.2, -0.15) is 0 Å². The Labute approximate surface area is 126 Å². The van der Waals surface area contributed by atoms with E-state index in [0.29, 0.717) is 12.5 Å². The smallest absolute Gasteiger partial charge is 0.227 e. The second-order valence-corrected chi connectivity index (χ2v) is 6.05. The summed E-state index contributed by atoms with van der Waals surface area (Å²) in [7, 11) is 0. The SMILES string of the molecule is Cc1ccc(CC(=O)N2CCC(N3CCNCC3)C2)cn1. The van der Waals surface area contributed by atoms with E-state index in [1.54, 1.807) is 0 Å². The maximum Gasteiger partial charge on any atom is 0.227 e. The summed E-state index contributed by atoms with van der Waals surface area (Å²) in [5.74, 6) is 0.235. The molecule has 0 radical (unpaired) electrons. The van der Waals surface area contributed by atoms with Gasteiger partial charge in [0.25, 0.3) is 0 Å². The number of pyridine rings is 1. The zero-order chi connectivity index (χ0) is 14.7. The van der Waals surface area contributed by atoms with Crippen LogP contribution in [0, 0.1) is 6.92 Å². The predicted molar refractivity (Wildman–Crippen MR) is 82.1 cm³/mol. The van der Waals surface area contributed by atoms with Crippen LogP contribution in [0.5, 0.6) is 0 Å². The Morgan fingerprint density at radius 1 is 1.33 bits per heavy atom. The molecule has 0 aromatic carbocycles. The van der Waals surface area contributed by atoms with Crippen LogP contribution >= 0.6 is 0 Å².